The number of urea groups is 1. The van der Waals surface area contributed by atoms with Crippen molar-refractivity contribution in [1.82, 2.24) is 9.80 Å². The summed E-state index contributed by atoms with van der Waals surface area (Å²) in [5, 5.41) is 22.8. The number of amides is 3. The molecule has 10 heteroatoms. The molecule has 3 rings (SSSR count). The van der Waals surface area contributed by atoms with Gasteiger partial charge < -0.3 is 35.6 Å². The molecule has 0 saturated heterocycles. The Kier molecular flexibility index (Phi) is 10.9. The number of anilines is 3. The largest absolute Gasteiger partial charge is 0.351 e. The quantitative estimate of drug-likeness (QED) is 0.221. The number of aliphatic hydroxyl groups excluding tert-OH is 1. The number of rotatable bonds is 12. The lowest BCUT2D eigenvalue weighted by molar-refractivity contribution is -0.148. The predicted molar refractivity (Wildman–Crippen MR) is 158 cm³/mol. The molecule has 39 heavy (non-hydrogen) atoms. The number of hydrogen-bond acceptors (Lipinski definition) is 7. The van der Waals surface area contributed by atoms with Crippen molar-refractivity contribution in [2.24, 2.45) is 0 Å². The van der Waals surface area contributed by atoms with Crippen LogP contribution in [-0.4, -0.2) is 66.0 Å². The molecule has 210 valence electrons. The number of nitrogens with one attached hydrogen (secondary N) is 3. The van der Waals surface area contributed by atoms with E-state index in [1.165, 1.54) is 11.3 Å². The third-order valence-electron chi connectivity index (χ3n) is 5.60. The summed E-state index contributed by atoms with van der Waals surface area (Å²) in [6.45, 7) is 7.42. The number of para-hydroxylation sites is 2. The standard InChI is InChI=1S/C29H39N5O4S/c1-29(2,3)38-28(37)32-25-10-7-6-9-24(25)31-26(35)22-13-11-21(12-14-22)19-34(17-8-16-33(4)5)27(36)30-23-15-18-39-20-23/h6-7,9-15,18,20,28,32,37H,8,16-17,19H2,1-5H3,(H,30,36)(H,31,35). The SMILES string of the molecule is CN(C)CCCN(Cc1ccc(C(=O)Nc2ccccc2NC(O)OC(C)(C)C)cc1)C(=O)Nc1ccsc1. The van der Waals surface area contributed by atoms with E-state index in [4.69, 9.17) is 4.74 Å². The summed E-state index contributed by atoms with van der Waals surface area (Å²) < 4.78 is 5.51. The minimum atomic E-state index is -1.24. The molecule has 0 radical (unpaired) electrons. The summed E-state index contributed by atoms with van der Waals surface area (Å²) in [7, 11) is 4.02. The van der Waals surface area contributed by atoms with Gasteiger partial charge in [-0.05, 0) is 89.1 Å². The molecule has 0 aliphatic carbocycles. The monoisotopic (exact) mass is 553 g/mol. The van der Waals surface area contributed by atoms with Crippen LogP contribution in [0.2, 0.25) is 0 Å². The molecule has 1 atom stereocenters. The van der Waals surface area contributed by atoms with E-state index in [2.05, 4.69) is 20.9 Å². The number of hydrogen-bond donors (Lipinski definition) is 4. The molecule has 0 saturated carbocycles. The first kappa shape index (κ1) is 30.1. The smallest absolute Gasteiger partial charge is 0.322 e. The van der Waals surface area contributed by atoms with Crippen molar-refractivity contribution in [2.45, 2.75) is 45.8 Å². The van der Waals surface area contributed by atoms with Gasteiger partial charge in [-0.2, -0.15) is 11.3 Å². The van der Waals surface area contributed by atoms with Crippen molar-refractivity contribution in [1.29, 1.82) is 0 Å². The number of benzene rings is 2. The Balaban J connectivity index is 1.65. The van der Waals surface area contributed by atoms with Gasteiger partial charge in [0.05, 0.1) is 22.7 Å². The normalized spacial score (nSPS) is 12.2. The van der Waals surface area contributed by atoms with Gasteiger partial charge in [0.1, 0.15) is 0 Å². The van der Waals surface area contributed by atoms with Crippen LogP contribution < -0.4 is 16.0 Å². The lowest BCUT2D eigenvalue weighted by atomic mass is 10.1. The molecule has 2 aromatic carbocycles. The highest BCUT2D eigenvalue weighted by Crippen LogP contribution is 2.24. The number of carbonyl (C=O) groups excluding carboxylic acids is 2. The lowest BCUT2D eigenvalue weighted by Crippen LogP contribution is -2.36. The Hall–Kier alpha value is -3.44. The molecule has 0 bridgehead atoms. The molecule has 0 aliphatic rings. The molecule has 1 aromatic heterocycles. The van der Waals surface area contributed by atoms with Gasteiger partial charge in [0, 0.05) is 24.0 Å². The zero-order valence-electron chi connectivity index (χ0n) is 23.2. The summed E-state index contributed by atoms with van der Waals surface area (Å²) in [6, 6.07) is 16.0. The van der Waals surface area contributed by atoms with E-state index in [1.54, 1.807) is 41.3 Å². The fourth-order valence-corrected chi connectivity index (χ4v) is 4.35. The molecular weight excluding hydrogens is 514 g/mol. The van der Waals surface area contributed by atoms with E-state index in [0.717, 1.165) is 24.2 Å². The van der Waals surface area contributed by atoms with Crippen molar-refractivity contribution in [2.75, 3.05) is 43.1 Å². The molecule has 0 fully saturated rings. The van der Waals surface area contributed by atoms with Gasteiger partial charge in [0.25, 0.3) is 5.91 Å². The minimum Gasteiger partial charge on any atom is -0.351 e. The molecule has 0 spiro atoms. The highest BCUT2D eigenvalue weighted by molar-refractivity contribution is 7.08. The number of ether oxygens (including phenoxy) is 1. The van der Waals surface area contributed by atoms with Gasteiger partial charge in [-0.15, -0.1) is 0 Å². The second-order valence-corrected chi connectivity index (χ2v) is 11.2. The van der Waals surface area contributed by atoms with Crippen molar-refractivity contribution < 1.29 is 19.4 Å². The molecule has 0 aliphatic heterocycles. The van der Waals surface area contributed by atoms with E-state index in [-0.39, 0.29) is 11.9 Å². The Morgan fingerprint density at radius 2 is 1.67 bits per heavy atom. The van der Waals surface area contributed by atoms with Crippen molar-refractivity contribution in [3.8, 4) is 0 Å². The van der Waals surface area contributed by atoms with Gasteiger partial charge in [-0.1, -0.05) is 24.3 Å². The van der Waals surface area contributed by atoms with Gasteiger partial charge in [0.2, 0.25) is 6.41 Å². The average molecular weight is 554 g/mol. The highest BCUT2D eigenvalue weighted by Gasteiger charge is 2.18. The molecule has 3 amide bonds. The maximum atomic E-state index is 13.0. The highest BCUT2D eigenvalue weighted by atomic mass is 32.1. The van der Waals surface area contributed by atoms with Gasteiger partial charge >= 0.3 is 6.03 Å². The second-order valence-electron chi connectivity index (χ2n) is 10.4. The van der Waals surface area contributed by atoms with Gasteiger partial charge in [-0.3, -0.25) is 4.79 Å². The maximum Gasteiger partial charge on any atom is 0.322 e. The maximum absolute atomic E-state index is 13.0. The molecule has 4 N–H and O–H groups in total. The first-order valence-corrected chi connectivity index (χ1v) is 13.8. The fourth-order valence-electron chi connectivity index (χ4n) is 3.76. The summed E-state index contributed by atoms with van der Waals surface area (Å²) >= 11 is 1.53. The van der Waals surface area contributed by atoms with Crippen LogP contribution >= 0.6 is 11.3 Å². The summed E-state index contributed by atoms with van der Waals surface area (Å²) in [5.41, 5.74) is 2.67. The Morgan fingerprint density at radius 1 is 0.974 bits per heavy atom. The lowest BCUT2D eigenvalue weighted by Gasteiger charge is -2.25. The summed E-state index contributed by atoms with van der Waals surface area (Å²) in [6.07, 6.45) is -0.395. The molecule has 1 heterocycles. The average Bonchev–Trinajstić information content (AvgIpc) is 3.36. The number of nitrogens with zero attached hydrogens (tertiary/aromatic N) is 2. The Morgan fingerprint density at radius 3 is 2.28 bits per heavy atom. The van der Waals surface area contributed by atoms with Gasteiger partial charge in [-0.25, -0.2) is 4.79 Å². The van der Waals surface area contributed by atoms with Crippen molar-refractivity contribution >= 4 is 40.3 Å². The second kappa shape index (κ2) is 14.1. The zero-order chi connectivity index (χ0) is 28.4. The Bertz CT molecular complexity index is 1190. The minimum absolute atomic E-state index is 0.157. The summed E-state index contributed by atoms with van der Waals surface area (Å²) in [4.78, 5) is 29.8. The van der Waals surface area contributed by atoms with Crippen LogP contribution in [0.3, 0.4) is 0 Å². The fraction of sp³-hybridized carbons (Fsp3) is 0.379. The van der Waals surface area contributed by atoms with Crippen LogP contribution in [0.1, 0.15) is 43.1 Å². The number of thiophene rings is 1. The molecular formula is C29H39N5O4S. The first-order valence-electron chi connectivity index (χ1n) is 12.8. The topological polar surface area (TPSA) is 106 Å². The van der Waals surface area contributed by atoms with Gasteiger partial charge in [0.15, 0.2) is 0 Å². The summed E-state index contributed by atoms with van der Waals surface area (Å²) in [5.74, 6) is -0.292. The molecule has 3 aromatic rings. The number of aliphatic hydroxyl groups is 1. The molecule has 9 nitrogen and oxygen atoms in total. The Labute approximate surface area is 234 Å². The third-order valence-corrected chi connectivity index (χ3v) is 6.29. The van der Waals surface area contributed by atoms with Crippen LogP contribution in [0.25, 0.3) is 0 Å². The first-order chi connectivity index (χ1) is 18.5. The van der Waals surface area contributed by atoms with Crippen LogP contribution in [0, 0.1) is 0 Å². The van der Waals surface area contributed by atoms with Crippen molar-refractivity contribution in [3.63, 3.8) is 0 Å². The molecule has 1 unspecified atom stereocenters. The van der Waals surface area contributed by atoms with E-state index >= 15 is 0 Å². The van der Waals surface area contributed by atoms with E-state index in [1.807, 2.05) is 63.8 Å². The predicted octanol–water partition coefficient (Wildman–Crippen LogP) is 5.49. The van der Waals surface area contributed by atoms with Crippen LogP contribution in [0.5, 0.6) is 0 Å². The number of carbonyl (C=O) groups is 2. The van der Waals surface area contributed by atoms with E-state index < -0.39 is 12.0 Å². The van der Waals surface area contributed by atoms with E-state index in [0.29, 0.717) is 30.0 Å². The van der Waals surface area contributed by atoms with Crippen LogP contribution in [0.15, 0.2) is 65.4 Å². The van der Waals surface area contributed by atoms with E-state index in [9.17, 15) is 14.7 Å². The van der Waals surface area contributed by atoms with Crippen molar-refractivity contribution in [3.05, 3.63) is 76.5 Å². The van der Waals surface area contributed by atoms with Crippen LogP contribution in [0.4, 0.5) is 21.9 Å². The zero-order valence-corrected chi connectivity index (χ0v) is 24.0. The van der Waals surface area contributed by atoms with Crippen LogP contribution in [-0.2, 0) is 11.3 Å². The third kappa shape index (κ3) is 10.3.